The van der Waals surface area contributed by atoms with Crippen molar-refractivity contribution in [3.05, 3.63) is 29.3 Å². The molecule has 0 aromatic heterocycles. The molecule has 1 aliphatic rings. The number of hydrogen-bond acceptors (Lipinski definition) is 3. The summed E-state index contributed by atoms with van der Waals surface area (Å²) in [5, 5.41) is 4.11. The fourth-order valence-corrected chi connectivity index (χ4v) is 1.92. The minimum absolute atomic E-state index is 0.273. The maximum absolute atomic E-state index is 5.82. The standard InChI is InChI=1S/C12H17ClN2O/c1-15-6-7-16-12(9-15)8-14-11-4-2-10(13)3-5-11/h2-5,12,14H,6-9H2,1H3. The highest BCUT2D eigenvalue weighted by Crippen LogP contribution is 2.14. The van der Waals surface area contributed by atoms with E-state index in [4.69, 9.17) is 16.3 Å². The molecule has 0 bridgehead atoms. The molecule has 4 heteroatoms. The summed E-state index contributed by atoms with van der Waals surface area (Å²) in [6.45, 7) is 3.67. The van der Waals surface area contributed by atoms with Gasteiger partial charge in [-0.25, -0.2) is 0 Å². The van der Waals surface area contributed by atoms with Gasteiger partial charge in [0.1, 0.15) is 0 Å². The van der Waals surface area contributed by atoms with Crippen LogP contribution in [0.1, 0.15) is 0 Å². The molecule has 0 aliphatic carbocycles. The van der Waals surface area contributed by atoms with E-state index < -0.39 is 0 Å². The van der Waals surface area contributed by atoms with Crippen LogP contribution in [0.3, 0.4) is 0 Å². The van der Waals surface area contributed by atoms with Crippen LogP contribution in [0.5, 0.6) is 0 Å². The van der Waals surface area contributed by atoms with Crippen molar-refractivity contribution in [1.82, 2.24) is 4.90 Å². The Hall–Kier alpha value is -0.770. The third kappa shape index (κ3) is 3.37. The number of anilines is 1. The van der Waals surface area contributed by atoms with Gasteiger partial charge in [0.05, 0.1) is 12.7 Å². The normalized spacial score (nSPS) is 22.0. The zero-order chi connectivity index (χ0) is 11.4. The molecule has 1 aliphatic heterocycles. The first kappa shape index (κ1) is 11.7. The third-order valence-electron chi connectivity index (χ3n) is 2.72. The highest BCUT2D eigenvalue weighted by atomic mass is 35.5. The second kappa shape index (κ2) is 5.53. The Morgan fingerprint density at radius 1 is 1.44 bits per heavy atom. The molecule has 2 rings (SSSR count). The van der Waals surface area contributed by atoms with Gasteiger partial charge in [-0.2, -0.15) is 0 Å². The quantitative estimate of drug-likeness (QED) is 0.876. The maximum Gasteiger partial charge on any atom is 0.0874 e. The molecule has 0 spiro atoms. The molecule has 1 heterocycles. The molecule has 3 nitrogen and oxygen atoms in total. The summed E-state index contributed by atoms with van der Waals surface area (Å²) in [5.74, 6) is 0. The Bertz CT molecular complexity index is 328. The number of hydrogen-bond donors (Lipinski definition) is 1. The van der Waals surface area contributed by atoms with E-state index in [0.717, 1.165) is 37.0 Å². The number of rotatable bonds is 3. The molecule has 1 fully saturated rings. The summed E-state index contributed by atoms with van der Waals surface area (Å²) in [4.78, 5) is 2.29. The van der Waals surface area contributed by atoms with Crippen molar-refractivity contribution < 1.29 is 4.74 Å². The Labute approximate surface area is 101 Å². The molecule has 0 radical (unpaired) electrons. The first-order valence-electron chi connectivity index (χ1n) is 5.53. The van der Waals surface area contributed by atoms with E-state index in [1.54, 1.807) is 0 Å². The zero-order valence-corrected chi connectivity index (χ0v) is 10.2. The predicted molar refractivity (Wildman–Crippen MR) is 67.2 cm³/mol. The van der Waals surface area contributed by atoms with Crippen LogP contribution in [0, 0.1) is 0 Å². The Balaban J connectivity index is 1.80. The summed E-state index contributed by atoms with van der Waals surface area (Å²) >= 11 is 5.82. The van der Waals surface area contributed by atoms with Gasteiger partial charge in [0.25, 0.3) is 0 Å². The summed E-state index contributed by atoms with van der Waals surface area (Å²) in [6, 6.07) is 7.74. The van der Waals surface area contributed by atoms with Crippen molar-refractivity contribution in [2.75, 3.05) is 38.6 Å². The summed E-state index contributed by atoms with van der Waals surface area (Å²) in [7, 11) is 2.12. The number of ether oxygens (including phenoxy) is 1. The molecule has 1 N–H and O–H groups in total. The van der Waals surface area contributed by atoms with E-state index in [1.807, 2.05) is 24.3 Å². The molecular weight excluding hydrogens is 224 g/mol. The smallest absolute Gasteiger partial charge is 0.0874 e. The van der Waals surface area contributed by atoms with Gasteiger partial charge >= 0.3 is 0 Å². The van der Waals surface area contributed by atoms with E-state index in [2.05, 4.69) is 17.3 Å². The van der Waals surface area contributed by atoms with Crippen LogP contribution in [-0.2, 0) is 4.74 Å². The average molecular weight is 241 g/mol. The van der Waals surface area contributed by atoms with Gasteiger partial charge in [-0.1, -0.05) is 11.6 Å². The van der Waals surface area contributed by atoms with Crippen molar-refractivity contribution in [3.63, 3.8) is 0 Å². The number of likely N-dealkylation sites (N-methyl/N-ethyl adjacent to an activating group) is 1. The maximum atomic E-state index is 5.82. The zero-order valence-electron chi connectivity index (χ0n) is 9.45. The minimum atomic E-state index is 0.273. The second-order valence-corrected chi connectivity index (χ2v) is 4.58. The van der Waals surface area contributed by atoms with Gasteiger partial charge in [0, 0.05) is 30.3 Å². The summed E-state index contributed by atoms with van der Waals surface area (Å²) < 4.78 is 5.66. The molecule has 0 saturated carbocycles. The number of benzene rings is 1. The van der Waals surface area contributed by atoms with Gasteiger partial charge in [0.15, 0.2) is 0 Å². The molecule has 16 heavy (non-hydrogen) atoms. The van der Waals surface area contributed by atoms with Crippen LogP contribution in [-0.4, -0.2) is 44.3 Å². The number of nitrogens with one attached hydrogen (secondary N) is 1. The number of nitrogens with zero attached hydrogens (tertiary/aromatic N) is 1. The van der Waals surface area contributed by atoms with Crippen molar-refractivity contribution in [2.24, 2.45) is 0 Å². The fraction of sp³-hybridized carbons (Fsp3) is 0.500. The molecule has 1 atom stereocenters. The molecule has 1 saturated heterocycles. The highest BCUT2D eigenvalue weighted by Gasteiger charge is 2.16. The van der Waals surface area contributed by atoms with Gasteiger partial charge in [0.2, 0.25) is 0 Å². The van der Waals surface area contributed by atoms with E-state index in [0.29, 0.717) is 0 Å². The van der Waals surface area contributed by atoms with Crippen molar-refractivity contribution in [2.45, 2.75) is 6.10 Å². The SMILES string of the molecule is CN1CCOC(CNc2ccc(Cl)cc2)C1. The van der Waals surface area contributed by atoms with Crippen LogP contribution in [0.2, 0.25) is 5.02 Å². The van der Waals surface area contributed by atoms with E-state index in [-0.39, 0.29) is 6.10 Å². The van der Waals surface area contributed by atoms with Crippen LogP contribution in [0.25, 0.3) is 0 Å². The predicted octanol–water partition coefficient (Wildman–Crippen LogP) is 2.08. The van der Waals surface area contributed by atoms with Gasteiger partial charge in [-0.3, -0.25) is 0 Å². The van der Waals surface area contributed by atoms with Gasteiger partial charge in [-0.05, 0) is 31.3 Å². The van der Waals surface area contributed by atoms with E-state index >= 15 is 0 Å². The average Bonchev–Trinajstić information content (AvgIpc) is 2.28. The van der Waals surface area contributed by atoms with E-state index in [1.165, 1.54) is 0 Å². The molecular formula is C12H17ClN2O. The summed E-state index contributed by atoms with van der Waals surface area (Å²) in [6.07, 6.45) is 0.273. The Morgan fingerprint density at radius 2 is 2.19 bits per heavy atom. The lowest BCUT2D eigenvalue weighted by Crippen LogP contribution is -2.43. The number of morpholine rings is 1. The number of halogens is 1. The Morgan fingerprint density at radius 3 is 2.88 bits per heavy atom. The fourth-order valence-electron chi connectivity index (χ4n) is 1.79. The van der Waals surface area contributed by atoms with Crippen LogP contribution in [0.15, 0.2) is 24.3 Å². The highest BCUT2D eigenvalue weighted by molar-refractivity contribution is 6.30. The minimum Gasteiger partial charge on any atom is -0.382 e. The van der Waals surface area contributed by atoms with Crippen molar-refractivity contribution in [1.29, 1.82) is 0 Å². The second-order valence-electron chi connectivity index (χ2n) is 4.14. The Kier molecular flexibility index (Phi) is 4.04. The lowest BCUT2D eigenvalue weighted by atomic mass is 10.2. The van der Waals surface area contributed by atoms with Crippen LogP contribution >= 0.6 is 11.6 Å². The van der Waals surface area contributed by atoms with Gasteiger partial charge in [-0.15, -0.1) is 0 Å². The molecule has 88 valence electrons. The monoisotopic (exact) mass is 240 g/mol. The summed E-state index contributed by atoms with van der Waals surface area (Å²) in [5.41, 5.74) is 1.08. The lowest BCUT2D eigenvalue weighted by Gasteiger charge is -2.30. The van der Waals surface area contributed by atoms with E-state index in [9.17, 15) is 0 Å². The lowest BCUT2D eigenvalue weighted by molar-refractivity contribution is -0.0117. The van der Waals surface area contributed by atoms with Crippen LogP contribution in [0.4, 0.5) is 5.69 Å². The molecule has 0 amide bonds. The first-order chi connectivity index (χ1) is 7.74. The molecule has 1 aromatic rings. The largest absolute Gasteiger partial charge is 0.382 e. The van der Waals surface area contributed by atoms with Gasteiger partial charge < -0.3 is 15.0 Å². The van der Waals surface area contributed by atoms with Crippen molar-refractivity contribution >= 4 is 17.3 Å². The molecule has 1 unspecified atom stereocenters. The topological polar surface area (TPSA) is 24.5 Å². The third-order valence-corrected chi connectivity index (χ3v) is 2.97. The van der Waals surface area contributed by atoms with Crippen LogP contribution < -0.4 is 5.32 Å². The van der Waals surface area contributed by atoms with Crippen molar-refractivity contribution in [3.8, 4) is 0 Å². The first-order valence-corrected chi connectivity index (χ1v) is 5.91. The molecule has 1 aromatic carbocycles.